The third-order valence-corrected chi connectivity index (χ3v) is 2.24. The fourth-order valence-electron chi connectivity index (χ4n) is 1.45. The molecule has 1 atom stereocenters. The summed E-state index contributed by atoms with van der Waals surface area (Å²) in [5.74, 6) is -0.357. The smallest absolute Gasteiger partial charge is 0.224 e. The molecule has 2 heteroatoms. The van der Waals surface area contributed by atoms with Crippen molar-refractivity contribution in [3.63, 3.8) is 0 Å². The molecule has 1 rings (SSSR count). The lowest BCUT2D eigenvalue weighted by Crippen LogP contribution is -2.23. The van der Waals surface area contributed by atoms with Crippen LogP contribution in [0.3, 0.4) is 0 Å². The summed E-state index contributed by atoms with van der Waals surface area (Å²) in [5, 5.41) is 0. The van der Waals surface area contributed by atoms with Crippen LogP contribution in [0.2, 0.25) is 0 Å². The van der Waals surface area contributed by atoms with E-state index in [4.69, 9.17) is 5.73 Å². The Morgan fingerprint density at radius 2 is 2.38 bits per heavy atom. The van der Waals surface area contributed by atoms with E-state index in [1.807, 2.05) is 38.2 Å². The molecule has 0 fully saturated rings. The Hall–Kier alpha value is -1.31. The van der Waals surface area contributed by atoms with Crippen LogP contribution in [0.1, 0.15) is 20.3 Å². The molecule has 1 aliphatic carbocycles. The van der Waals surface area contributed by atoms with Gasteiger partial charge in [0.1, 0.15) is 0 Å². The third-order valence-electron chi connectivity index (χ3n) is 2.24. The fourth-order valence-corrected chi connectivity index (χ4v) is 1.45. The lowest BCUT2D eigenvalue weighted by Gasteiger charge is -2.15. The van der Waals surface area contributed by atoms with Crippen molar-refractivity contribution in [1.29, 1.82) is 0 Å². The van der Waals surface area contributed by atoms with E-state index in [-0.39, 0.29) is 11.8 Å². The van der Waals surface area contributed by atoms with Gasteiger partial charge in [-0.1, -0.05) is 29.9 Å². The molecule has 2 N–H and O–H groups in total. The number of nitrogens with two attached hydrogens (primary N) is 1. The molecule has 1 unspecified atom stereocenters. The monoisotopic (exact) mass is 177 g/mol. The molecule has 0 aliphatic heterocycles. The van der Waals surface area contributed by atoms with Gasteiger partial charge in [-0.05, 0) is 25.8 Å². The Kier molecular flexibility index (Phi) is 3.07. The Morgan fingerprint density at radius 1 is 1.69 bits per heavy atom. The maximum atomic E-state index is 10.9. The van der Waals surface area contributed by atoms with Crippen molar-refractivity contribution in [1.82, 2.24) is 0 Å². The minimum absolute atomic E-state index is 0.117. The van der Waals surface area contributed by atoms with Gasteiger partial charge in [-0.15, -0.1) is 0 Å². The summed E-state index contributed by atoms with van der Waals surface area (Å²) in [6, 6.07) is 0. The third kappa shape index (κ3) is 2.31. The quantitative estimate of drug-likeness (QED) is 0.688. The van der Waals surface area contributed by atoms with Gasteiger partial charge in [0.15, 0.2) is 0 Å². The number of rotatable bonds is 2. The van der Waals surface area contributed by atoms with Crippen molar-refractivity contribution in [3.05, 3.63) is 35.5 Å². The molecule has 13 heavy (non-hydrogen) atoms. The minimum Gasteiger partial charge on any atom is -0.369 e. The molecular weight excluding hydrogens is 162 g/mol. The van der Waals surface area contributed by atoms with Crippen LogP contribution in [0.5, 0.6) is 0 Å². The van der Waals surface area contributed by atoms with Crippen LogP contribution < -0.4 is 5.73 Å². The number of primary amides is 1. The molecule has 1 aliphatic rings. The van der Waals surface area contributed by atoms with Gasteiger partial charge >= 0.3 is 0 Å². The SMILES string of the molecule is C/C=C\C1=C(C)CC(C(N)=O)C=C1. The van der Waals surface area contributed by atoms with E-state index in [2.05, 4.69) is 0 Å². The first-order valence-corrected chi connectivity index (χ1v) is 4.45. The molecule has 0 aromatic rings. The second-order valence-corrected chi connectivity index (χ2v) is 3.31. The molecule has 0 saturated carbocycles. The standard InChI is InChI=1S/C11H15NO/c1-3-4-9-5-6-10(11(12)13)7-8(9)2/h3-6,10H,7H2,1-2H3,(H2,12,13)/b4-3-. The van der Waals surface area contributed by atoms with E-state index in [9.17, 15) is 4.79 Å². The second kappa shape index (κ2) is 4.08. The number of carbonyl (C=O) groups excluding carboxylic acids is 1. The van der Waals surface area contributed by atoms with Crippen LogP contribution in [-0.4, -0.2) is 5.91 Å². The van der Waals surface area contributed by atoms with Gasteiger partial charge in [0.05, 0.1) is 5.92 Å². The van der Waals surface area contributed by atoms with E-state index >= 15 is 0 Å². The average molecular weight is 177 g/mol. The average Bonchev–Trinajstić information content (AvgIpc) is 2.08. The zero-order valence-corrected chi connectivity index (χ0v) is 8.08. The van der Waals surface area contributed by atoms with Gasteiger partial charge in [-0.25, -0.2) is 0 Å². The highest BCUT2D eigenvalue weighted by molar-refractivity contribution is 5.79. The van der Waals surface area contributed by atoms with E-state index < -0.39 is 0 Å². The van der Waals surface area contributed by atoms with Gasteiger partial charge < -0.3 is 5.73 Å². The maximum absolute atomic E-state index is 10.9. The van der Waals surface area contributed by atoms with Gasteiger partial charge in [0.25, 0.3) is 0 Å². The number of hydrogen-bond donors (Lipinski definition) is 1. The number of amides is 1. The molecule has 0 aromatic carbocycles. The maximum Gasteiger partial charge on any atom is 0.224 e. The van der Waals surface area contributed by atoms with E-state index in [0.717, 1.165) is 6.42 Å². The summed E-state index contributed by atoms with van der Waals surface area (Å²) in [6.45, 7) is 4.02. The van der Waals surface area contributed by atoms with Crippen LogP contribution in [0.25, 0.3) is 0 Å². The molecule has 1 amide bonds. The zero-order chi connectivity index (χ0) is 9.84. The molecule has 2 nitrogen and oxygen atoms in total. The molecular formula is C11H15NO. The molecule has 70 valence electrons. The first-order valence-electron chi connectivity index (χ1n) is 4.45. The Bertz CT molecular complexity index is 297. The van der Waals surface area contributed by atoms with Gasteiger partial charge in [-0.3, -0.25) is 4.79 Å². The molecule has 0 bridgehead atoms. The van der Waals surface area contributed by atoms with Gasteiger partial charge in [0, 0.05) is 0 Å². The summed E-state index contributed by atoms with van der Waals surface area (Å²) >= 11 is 0. The highest BCUT2D eigenvalue weighted by atomic mass is 16.1. The Morgan fingerprint density at radius 3 is 2.85 bits per heavy atom. The predicted octanol–water partition coefficient (Wildman–Crippen LogP) is 1.94. The van der Waals surface area contributed by atoms with Crippen LogP contribution in [-0.2, 0) is 4.79 Å². The lowest BCUT2D eigenvalue weighted by atomic mass is 9.90. The minimum atomic E-state index is -0.241. The normalized spacial score (nSPS) is 22.8. The van der Waals surface area contributed by atoms with Crippen molar-refractivity contribution in [2.45, 2.75) is 20.3 Å². The van der Waals surface area contributed by atoms with E-state index in [1.165, 1.54) is 11.1 Å². The molecule has 0 radical (unpaired) electrons. The number of carbonyl (C=O) groups is 1. The Labute approximate surface area is 78.8 Å². The summed E-state index contributed by atoms with van der Waals surface area (Å²) in [4.78, 5) is 10.9. The number of hydrogen-bond acceptors (Lipinski definition) is 1. The summed E-state index contributed by atoms with van der Waals surface area (Å²) in [7, 11) is 0. The summed E-state index contributed by atoms with van der Waals surface area (Å²) < 4.78 is 0. The van der Waals surface area contributed by atoms with Crippen molar-refractivity contribution >= 4 is 5.91 Å². The molecule has 0 aromatic heterocycles. The van der Waals surface area contributed by atoms with Crippen molar-refractivity contribution in [2.75, 3.05) is 0 Å². The van der Waals surface area contributed by atoms with Gasteiger partial charge in [-0.2, -0.15) is 0 Å². The van der Waals surface area contributed by atoms with Crippen LogP contribution >= 0.6 is 0 Å². The largest absolute Gasteiger partial charge is 0.369 e. The second-order valence-electron chi connectivity index (χ2n) is 3.31. The summed E-state index contributed by atoms with van der Waals surface area (Å²) in [5.41, 5.74) is 7.64. The fraction of sp³-hybridized carbons (Fsp3) is 0.364. The van der Waals surface area contributed by atoms with Crippen molar-refractivity contribution < 1.29 is 4.79 Å². The van der Waals surface area contributed by atoms with Crippen LogP contribution in [0, 0.1) is 5.92 Å². The van der Waals surface area contributed by atoms with E-state index in [0.29, 0.717) is 0 Å². The van der Waals surface area contributed by atoms with Crippen molar-refractivity contribution in [2.24, 2.45) is 11.7 Å². The highest BCUT2D eigenvalue weighted by Crippen LogP contribution is 2.23. The topological polar surface area (TPSA) is 43.1 Å². The first kappa shape index (κ1) is 9.78. The van der Waals surface area contributed by atoms with Crippen LogP contribution in [0.15, 0.2) is 35.5 Å². The molecule has 0 spiro atoms. The molecule has 0 heterocycles. The van der Waals surface area contributed by atoms with Gasteiger partial charge in [0.2, 0.25) is 5.91 Å². The highest BCUT2D eigenvalue weighted by Gasteiger charge is 2.16. The number of allylic oxidation sites excluding steroid dienone is 5. The zero-order valence-electron chi connectivity index (χ0n) is 8.08. The van der Waals surface area contributed by atoms with Crippen LogP contribution in [0.4, 0.5) is 0 Å². The Balaban J connectivity index is 2.80. The predicted molar refractivity (Wildman–Crippen MR) is 54.0 cm³/mol. The van der Waals surface area contributed by atoms with E-state index in [1.54, 1.807) is 0 Å². The first-order chi connectivity index (χ1) is 6.15. The lowest BCUT2D eigenvalue weighted by molar-refractivity contribution is -0.120. The molecule has 0 saturated heterocycles. The summed E-state index contributed by atoms with van der Waals surface area (Å²) in [6.07, 6.45) is 8.64. The van der Waals surface area contributed by atoms with Crippen molar-refractivity contribution in [3.8, 4) is 0 Å².